The second-order valence-corrected chi connectivity index (χ2v) is 4.25. The minimum Gasteiger partial charge on any atom is -1.00 e. The summed E-state index contributed by atoms with van der Waals surface area (Å²) < 4.78 is 0. The maximum atomic E-state index is 3.59. The molecule has 2 aromatic rings. The van der Waals surface area contributed by atoms with Crippen molar-refractivity contribution in [1.82, 2.24) is 5.32 Å². The average molecular weight is 245 g/mol. The Hall–Kier alpha value is -1.31. The first kappa shape index (κ1) is 12.2. The Morgan fingerprint density at radius 1 is 0.882 bits per heavy atom. The molecule has 0 saturated heterocycles. The summed E-state index contributed by atoms with van der Waals surface area (Å²) in [7, 11) is 0. The van der Waals surface area contributed by atoms with Crippen LogP contribution in [0.15, 0.2) is 54.6 Å². The van der Waals surface area contributed by atoms with Gasteiger partial charge in [0.2, 0.25) is 0 Å². The molecule has 0 fully saturated rings. The Morgan fingerprint density at radius 2 is 1.59 bits per heavy atom. The molecule has 1 unspecified atom stereocenters. The fourth-order valence-electron chi connectivity index (χ4n) is 2.45. The predicted molar refractivity (Wildman–Crippen MR) is 66.4 cm³/mol. The smallest absolute Gasteiger partial charge is 0.0579 e. The topological polar surface area (TPSA) is 12.0 Å². The van der Waals surface area contributed by atoms with Gasteiger partial charge in [0.05, 0.1) is 6.04 Å². The van der Waals surface area contributed by atoms with Crippen molar-refractivity contribution >= 4 is 0 Å². The van der Waals surface area contributed by atoms with Crippen LogP contribution in [0.25, 0.3) is 0 Å². The van der Waals surface area contributed by atoms with Crippen LogP contribution in [-0.2, 0) is 6.42 Å². The van der Waals surface area contributed by atoms with E-state index in [1.165, 1.54) is 16.7 Å². The quantitative estimate of drug-likeness (QED) is 0.741. The summed E-state index contributed by atoms with van der Waals surface area (Å²) in [5.41, 5.74) is 4.27. The molecule has 17 heavy (non-hydrogen) atoms. The van der Waals surface area contributed by atoms with Crippen LogP contribution in [0.2, 0.25) is 0 Å². The van der Waals surface area contributed by atoms with E-state index in [1.807, 2.05) is 0 Å². The number of nitrogens with one attached hydrogen (secondary N) is 1. The maximum absolute atomic E-state index is 3.59. The number of fused-ring (bicyclic) bond motifs is 1. The molecule has 88 valence electrons. The monoisotopic (exact) mass is 244 g/mol. The molecule has 0 aromatic heterocycles. The van der Waals surface area contributed by atoms with Crippen molar-refractivity contribution in [2.24, 2.45) is 0 Å². The van der Waals surface area contributed by atoms with Gasteiger partial charge in [0.25, 0.3) is 0 Å². The van der Waals surface area contributed by atoms with Crippen molar-refractivity contribution < 1.29 is 12.4 Å². The highest BCUT2D eigenvalue weighted by molar-refractivity contribution is 5.39. The first-order chi connectivity index (χ1) is 7.95. The van der Waals surface area contributed by atoms with Crippen molar-refractivity contribution in [3.63, 3.8) is 0 Å². The van der Waals surface area contributed by atoms with Gasteiger partial charge in [0.1, 0.15) is 0 Å². The Labute approximate surface area is 108 Å². The molecule has 1 heterocycles. The molecule has 1 atom stereocenters. The number of halogens is 1. The van der Waals surface area contributed by atoms with Crippen molar-refractivity contribution in [2.45, 2.75) is 12.5 Å². The molecule has 0 aliphatic carbocycles. The lowest BCUT2D eigenvalue weighted by Gasteiger charge is -2.27. The third kappa shape index (κ3) is 2.36. The highest BCUT2D eigenvalue weighted by atomic mass is 35.5. The molecule has 0 spiro atoms. The molecule has 0 bridgehead atoms. The largest absolute Gasteiger partial charge is 1.00 e. The molecule has 1 aliphatic heterocycles. The third-order valence-electron chi connectivity index (χ3n) is 3.24. The second-order valence-electron chi connectivity index (χ2n) is 4.25. The van der Waals surface area contributed by atoms with Gasteiger partial charge in [-0.2, -0.15) is 0 Å². The van der Waals surface area contributed by atoms with E-state index in [0.717, 1.165) is 13.0 Å². The van der Waals surface area contributed by atoms with Crippen LogP contribution in [0.5, 0.6) is 0 Å². The van der Waals surface area contributed by atoms with Crippen molar-refractivity contribution in [3.05, 3.63) is 71.3 Å². The molecule has 2 heteroatoms. The molecule has 0 amide bonds. The van der Waals surface area contributed by atoms with E-state index in [0.29, 0.717) is 6.04 Å². The second kappa shape index (κ2) is 5.35. The fraction of sp³-hybridized carbons (Fsp3) is 0.200. The summed E-state index contributed by atoms with van der Waals surface area (Å²) in [5, 5.41) is 3.59. The van der Waals surface area contributed by atoms with Crippen molar-refractivity contribution in [1.29, 1.82) is 0 Å². The number of hydrogen-bond acceptors (Lipinski definition) is 1. The first-order valence-corrected chi connectivity index (χ1v) is 5.81. The van der Waals surface area contributed by atoms with E-state index in [1.54, 1.807) is 0 Å². The summed E-state index contributed by atoms with van der Waals surface area (Å²) in [4.78, 5) is 0. The molecule has 1 aliphatic rings. The average Bonchev–Trinajstić information content (AvgIpc) is 2.39. The molecule has 3 rings (SSSR count). The van der Waals surface area contributed by atoms with Gasteiger partial charge in [-0.25, -0.2) is 0 Å². The Kier molecular flexibility index (Phi) is 3.82. The maximum Gasteiger partial charge on any atom is 0.0579 e. The molecular weight excluding hydrogens is 230 g/mol. The van der Waals surface area contributed by atoms with Gasteiger partial charge in [-0.1, -0.05) is 54.6 Å². The van der Waals surface area contributed by atoms with E-state index in [4.69, 9.17) is 0 Å². The van der Waals surface area contributed by atoms with Crippen molar-refractivity contribution in [3.8, 4) is 0 Å². The molecule has 0 saturated carbocycles. The van der Waals surface area contributed by atoms with Gasteiger partial charge in [-0.3, -0.25) is 0 Å². The van der Waals surface area contributed by atoms with Crippen LogP contribution in [0.1, 0.15) is 22.7 Å². The number of benzene rings is 2. The number of rotatable bonds is 1. The van der Waals surface area contributed by atoms with E-state index < -0.39 is 0 Å². The Morgan fingerprint density at radius 3 is 2.41 bits per heavy atom. The molecule has 1 nitrogen and oxygen atoms in total. The van der Waals surface area contributed by atoms with Crippen LogP contribution in [-0.4, -0.2) is 6.54 Å². The lowest BCUT2D eigenvalue weighted by Crippen LogP contribution is -3.00. The zero-order valence-corrected chi connectivity index (χ0v) is 10.3. The van der Waals surface area contributed by atoms with Crippen LogP contribution in [0.3, 0.4) is 0 Å². The SMILES string of the molecule is [Cl-].c1ccc(C2NCCc3ccccc32)cc1. The molecule has 2 aromatic carbocycles. The molecular formula is C15H15ClN-. The summed E-state index contributed by atoms with van der Waals surface area (Å²) in [6.07, 6.45) is 1.14. The van der Waals surface area contributed by atoms with Gasteiger partial charge in [-0.05, 0) is 23.1 Å². The van der Waals surface area contributed by atoms with Crippen LogP contribution in [0, 0.1) is 0 Å². The van der Waals surface area contributed by atoms with E-state index in [-0.39, 0.29) is 12.4 Å². The van der Waals surface area contributed by atoms with E-state index in [9.17, 15) is 0 Å². The Bertz CT molecular complexity index is 481. The van der Waals surface area contributed by atoms with Gasteiger partial charge in [-0.15, -0.1) is 0 Å². The lowest BCUT2D eigenvalue weighted by molar-refractivity contribution is -0.00000318. The summed E-state index contributed by atoms with van der Waals surface area (Å²) in [6, 6.07) is 19.8. The van der Waals surface area contributed by atoms with Crippen LogP contribution in [0.4, 0.5) is 0 Å². The Balaban J connectivity index is 0.00000108. The fourth-order valence-corrected chi connectivity index (χ4v) is 2.45. The molecule has 1 N–H and O–H groups in total. The van der Waals surface area contributed by atoms with E-state index in [2.05, 4.69) is 59.9 Å². The first-order valence-electron chi connectivity index (χ1n) is 5.81. The van der Waals surface area contributed by atoms with Gasteiger partial charge in [0.15, 0.2) is 0 Å². The normalized spacial score (nSPS) is 18.0. The standard InChI is InChI=1S/C15H15N.ClH/c1-2-7-13(8-3-1)15-14-9-5-4-6-12(14)10-11-16-15;/h1-9,15-16H,10-11H2;1H/p-1. The summed E-state index contributed by atoms with van der Waals surface area (Å²) in [5.74, 6) is 0. The lowest BCUT2D eigenvalue weighted by atomic mass is 9.90. The third-order valence-corrected chi connectivity index (χ3v) is 3.24. The van der Waals surface area contributed by atoms with E-state index >= 15 is 0 Å². The summed E-state index contributed by atoms with van der Waals surface area (Å²) >= 11 is 0. The zero-order valence-electron chi connectivity index (χ0n) is 9.57. The highest BCUT2D eigenvalue weighted by Gasteiger charge is 2.19. The minimum absolute atomic E-state index is 0. The summed E-state index contributed by atoms with van der Waals surface area (Å²) in [6.45, 7) is 1.07. The highest BCUT2D eigenvalue weighted by Crippen LogP contribution is 2.27. The minimum atomic E-state index is 0. The zero-order chi connectivity index (χ0) is 10.8. The number of hydrogen-bond donors (Lipinski definition) is 1. The van der Waals surface area contributed by atoms with Gasteiger partial charge < -0.3 is 17.7 Å². The predicted octanol–water partition coefficient (Wildman–Crippen LogP) is -0.0743. The molecule has 0 radical (unpaired) electrons. The van der Waals surface area contributed by atoms with Crippen LogP contribution < -0.4 is 17.7 Å². The van der Waals surface area contributed by atoms with Gasteiger partial charge in [0, 0.05) is 6.54 Å². The van der Waals surface area contributed by atoms with Gasteiger partial charge >= 0.3 is 0 Å². The van der Waals surface area contributed by atoms with Crippen molar-refractivity contribution in [2.75, 3.05) is 6.54 Å². The van der Waals surface area contributed by atoms with Crippen LogP contribution >= 0.6 is 0 Å².